The summed E-state index contributed by atoms with van der Waals surface area (Å²) in [5, 5.41) is 12.3. The van der Waals surface area contributed by atoms with E-state index in [0.717, 1.165) is 30.9 Å². The molecule has 2 rings (SSSR count). The first-order valence-electron chi connectivity index (χ1n) is 6.10. The summed E-state index contributed by atoms with van der Waals surface area (Å²) in [7, 11) is 0. The van der Waals surface area contributed by atoms with Crippen molar-refractivity contribution in [3.63, 3.8) is 0 Å². The first-order chi connectivity index (χ1) is 8.49. The van der Waals surface area contributed by atoms with E-state index in [1.165, 1.54) is 0 Å². The smallest absolute Gasteiger partial charge is 0.335 e. The fourth-order valence-electron chi connectivity index (χ4n) is 2.26. The van der Waals surface area contributed by atoms with Crippen molar-refractivity contribution < 1.29 is 9.90 Å². The molecule has 2 N–H and O–H groups in total. The van der Waals surface area contributed by atoms with Crippen LogP contribution in [0.15, 0.2) is 29.3 Å². The second-order valence-electron chi connectivity index (χ2n) is 5.22. The highest BCUT2D eigenvalue weighted by Gasteiger charge is 2.27. The van der Waals surface area contributed by atoms with Crippen LogP contribution in [0.3, 0.4) is 0 Å². The highest BCUT2D eigenvalue weighted by molar-refractivity contribution is 5.89. The third-order valence-corrected chi connectivity index (χ3v) is 3.14. The summed E-state index contributed by atoms with van der Waals surface area (Å²) in [5.41, 5.74) is 1.27. The first kappa shape index (κ1) is 12.6. The van der Waals surface area contributed by atoms with Crippen LogP contribution < -0.4 is 5.32 Å². The number of aliphatic imine (C=N–C) groups is 1. The Balaban J connectivity index is 2.18. The van der Waals surface area contributed by atoms with Crippen molar-refractivity contribution in [1.29, 1.82) is 0 Å². The van der Waals surface area contributed by atoms with Gasteiger partial charge in [0.05, 0.1) is 12.1 Å². The second-order valence-corrected chi connectivity index (χ2v) is 5.22. The Hall–Kier alpha value is -1.84. The Labute approximate surface area is 107 Å². The van der Waals surface area contributed by atoms with Crippen LogP contribution in [0, 0.1) is 5.41 Å². The van der Waals surface area contributed by atoms with E-state index < -0.39 is 5.97 Å². The molecule has 0 radical (unpaired) electrons. The van der Waals surface area contributed by atoms with Crippen LogP contribution in [0.1, 0.15) is 29.8 Å². The molecule has 0 aliphatic carbocycles. The predicted octanol–water partition coefficient (Wildman–Crippen LogP) is 1.96. The molecule has 1 aromatic carbocycles. The summed E-state index contributed by atoms with van der Waals surface area (Å²) in [6, 6.07) is 7.10. The minimum atomic E-state index is -0.883. The third kappa shape index (κ3) is 2.70. The van der Waals surface area contributed by atoms with Crippen molar-refractivity contribution in [2.45, 2.75) is 20.3 Å². The largest absolute Gasteiger partial charge is 0.478 e. The van der Waals surface area contributed by atoms with Crippen molar-refractivity contribution in [2.75, 3.05) is 13.1 Å². The molecule has 96 valence electrons. The Morgan fingerprint density at radius 2 is 2.28 bits per heavy atom. The number of nitrogens with zero attached hydrogens (tertiary/aromatic N) is 1. The van der Waals surface area contributed by atoms with Gasteiger partial charge in [-0.05, 0) is 24.1 Å². The highest BCUT2D eigenvalue weighted by Crippen LogP contribution is 2.24. The van der Waals surface area contributed by atoms with Gasteiger partial charge in [-0.2, -0.15) is 0 Å². The standard InChI is InChI=1S/C14H18N2O2/c1-14(2,13-15-6-7-16-13)9-10-4-3-5-11(8-10)12(17)18/h3-5,8H,6-7,9H2,1-2H3,(H,15,16)(H,17,18). The van der Waals surface area contributed by atoms with Crippen molar-refractivity contribution in [3.8, 4) is 0 Å². The van der Waals surface area contributed by atoms with Crippen LogP contribution >= 0.6 is 0 Å². The molecule has 0 bridgehead atoms. The molecule has 1 aromatic rings. The zero-order chi connectivity index (χ0) is 13.2. The fraction of sp³-hybridized carbons (Fsp3) is 0.429. The molecule has 0 aromatic heterocycles. The Kier molecular flexibility index (Phi) is 3.36. The van der Waals surface area contributed by atoms with E-state index in [2.05, 4.69) is 24.2 Å². The van der Waals surface area contributed by atoms with Gasteiger partial charge in [0, 0.05) is 12.0 Å². The zero-order valence-electron chi connectivity index (χ0n) is 10.7. The minimum absolute atomic E-state index is 0.0897. The SMILES string of the molecule is CC(C)(Cc1cccc(C(=O)O)c1)C1=NCCN1. The number of carboxylic acids is 1. The molecular weight excluding hydrogens is 228 g/mol. The van der Waals surface area contributed by atoms with Gasteiger partial charge in [0.2, 0.25) is 0 Å². The summed E-state index contributed by atoms with van der Waals surface area (Å²) in [5.74, 6) is 0.134. The van der Waals surface area contributed by atoms with Crippen LogP contribution in [0.25, 0.3) is 0 Å². The maximum atomic E-state index is 10.9. The number of carbonyl (C=O) groups is 1. The zero-order valence-corrected chi connectivity index (χ0v) is 10.7. The molecule has 0 unspecified atom stereocenters. The van der Waals surface area contributed by atoms with Gasteiger partial charge in [0.25, 0.3) is 0 Å². The molecule has 0 amide bonds. The lowest BCUT2D eigenvalue weighted by molar-refractivity contribution is 0.0696. The van der Waals surface area contributed by atoms with Gasteiger partial charge < -0.3 is 10.4 Å². The lowest BCUT2D eigenvalue weighted by Gasteiger charge is -2.25. The van der Waals surface area contributed by atoms with Crippen molar-refractivity contribution >= 4 is 11.8 Å². The van der Waals surface area contributed by atoms with Gasteiger partial charge in [0.1, 0.15) is 5.84 Å². The lowest BCUT2D eigenvalue weighted by Crippen LogP contribution is -2.35. The van der Waals surface area contributed by atoms with Gasteiger partial charge in [-0.3, -0.25) is 4.99 Å². The van der Waals surface area contributed by atoms with Crippen LogP contribution in [-0.2, 0) is 6.42 Å². The quantitative estimate of drug-likeness (QED) is 0.853. The number of hydrogen-bond acceptors (Lipinski definition) is 3. The average molecular weight is 246 g/mol. The van der Waals surface area contributed by atoms with Gasteiger partial charge in [-0.1, -0.05) is 26.0 Å². The number of rotatable bonds is 4. The van der Waals surface area contributed by atoms with Gasteiger partial charge in [-0.15, -0.1) is 0 Å². The predicted molar refractivity (Wildman–Crippen MR) is 71.2 cm³/mol. The fourth-order valence-corrected chi connectivity index (χ4v) is 2.26. The van der Waals surface area contributed by atoms with E-state index in [0.29, 0.717) is 5.56 Å². The van der Waals surface area contributed by atoms with Crippen molar-refractivity contribution in [1.82, 2.24) is 5.32 Å². The molecule has 0 spiro atoms. The van der Waals surface area contributed by atoms with Crippen molar-refractivity contribution in [2.24, 2.45) is 10.4 Å². The Morgan fingerprint density at radius 3 is 2.89 bits per heavy atom. The number of carboxylic acid groups (broad SMARTS) is 1. The van der Waals surface area contributed by atoms with E-state index >= 15 is 0 Å². The number of aromatic carboxylic acids is 1. The molecule has 1 heterocycles. The van der Waals surface area contributed by atoms with E-state index in [-0.39, 0.29) is 5.41 Å². The highest BCUT2D eigenvalue weighted by atomic mass is 16.4. The molecule has 0 saturated heterocycles. The molecule has 0 saturated carbocycles. The monoisotopic (exact) mass is 246 g/mol. The first-order valence-corrected chi connectivity index (χ1v) is 6.10. The topological polar surface area (TPSA) is 61.7 Å². The molecular formula is C14H18N2O2. The third-order valence-electron chi connectivity index (χ3n) is 3.14. The lowest BCUT2D eigenvalue weighted by atomic mass is 9.84. The van der Waals surface area contributed by atoms with E-state index in [4.69, 9.17) is 5.11 Å². The van der Waals surface area contributed by atoms with E-state index in [1.54, 1.807) is 18.2 Å². The van der Waals surface area contributed by atoms with Crippen LogP contribution in [0.4, 0.5) is 0 Å². The molecule has 1 aliphatic heterocycles. The maximum Gasteiger partial charge on any atom is 0.335 e. The number of nitrogens with one attached hydrogen (secondary N) is 1. The number of hydrogen-bond donors (Lipinski definition) is 2. The summed E-state index contributed by atoms with van der Waals surface area (Å²) < 4.78 is 0. The second kappa shape index (κ2) is 4.80. The summed E-state index contributed by atoms with van der Waals surface area (Å²) in [4.78, 5) is 15.4. The molecule has 18 heavy (non-hydrogen) atoms. The van der Waals surface area contributed by atoms with Crippen LogP contribution in [0.2, 0.25) is 0 Å². The van der Waals surface area contributed by atoms with E-state index in [1.807, 2.05) is 6.07 Å². The van der Waals surface area contributed by atoms with Crippen LogP contribution in [-0.4, -0.2) is 30.0 Å². The van der Waals surface area contributed by atoms with Gasteiger partial charge in [0.15, 0.2) is 0 Å². The van der Waals surface area contributed by atoms with Crippen molar-refractivity contribution in [3.05, 3.63) is 35.4 Å². The maximum absolute atomic E-state index is 10.9. The molecule has 1 aliphatic rings. The Bertz CT molecular complexity index is 492. The average Bonchev–Trinajstić information content (AvgIpc) is 2.82. The molecule has 4 heteroatoms. The summed E-state index contributed by atoms with van der Waals surface area (Å²) in [6.45, 7) is 5.97. The normalized spacial score (nSPS) is 15.1. The number of amidine groups is 1. The van der Waals surface area contributed by atoms with E-state index in [9.17, 15) is 4.79 Å². The summed E-state index contributed by atoms with van der Waals surface area (Å²) >= 11 is 0. The van der Waals surface area contributed by atoms with Crippen LogP contribution in [0.5, 0.6) is 0 Å². The molecule has 4 nitrogen and oxygen atoms in total. The minimum Gasteiger partial charge on any atom is -0.478 e. The van der Waals surface area contributed by atoms with Gasteiger partial charge in [-0.25, -0.2) is 4.79 Å². The Morgan fingerprint density at radius 1 is 1.50 bits per heavy atom. The molecule has 0 fully saturated rings. The summed E-state index contributed by atoms with van der Waals surface area (Å²) in [6.07, 6.45) is 0.778. The molecule has 0 atom stereocenters. The van der Waals surface area contributed by atoms with Gasteiger partial charge >= 0.3 is 5.97 Å². The number of benzene rings is 1.